The minimum atomic E-state index is -0.901. The standard InChI is InChI=1S/C27H28F2N6O5/c1-38-19-8-20(39-2)24(29)22(23(19)28)17-7-16-10-31-27(35-25(16)26(33-17)30-9-14-3-4-14)34-18-12-40-11-15(18)5-6-21(37)32-13-36/h5-8,10,13-15,18H,3-4,9,11-12H2,1-2H3,(H,30,33)(H,31,34,35)(H,32,36,37)/t15-,18+/m0/s1. The van der Waals surface area contributed by atoms with Crippen LogP contribution in [0.25, 0.3) is 22.2 Å². The number of anilines is 2. The summed E-state index contributed by atoms with van der Waals surface area (Å²) in [6, 6.07) is 2.42. The first-order valence-electron chi connectivity index (χ1n) is 12.7. The van der Waals surface area contributed by atoms with Crippen molar-refractivity contribution in [2.24, 2.45) is 11.8 Å². The Balaban J connectivity index is 1.50. The molecule has 13 heteroatoms. The maximum atomic E-state index is 15.3. The molecule has 2 fully saturated rings. The Kier molecular flexibility index (Phi) is 8.01. The number of hydrogen-bond acceptors (Lipinski definition) is 10. The molecular weight excluding hydrogens is 526 g/mol. The molecule has 1 aliphatic carbocycles. The average Bonchev–Trinajstić information content (AvgIpc) is 3.68. The highest BCUT2D eigenvalue weighted by atomic mass is 19.1. The van der Waals surface area contributed by atoms with Gasteiger partial charge in [-0.3, -0.25) is 14.9 Å². The number of nitrogens with one attached hydrogen (secondary N) is 3. The van der Waals surface area contributed by atoms with Crippen LogP contribution >= 0.6 is 0 Å². The molecule has 2 atom stereocenters. The third kappa shape index (κ3) is 5.78. The van der Waals surface area contributed by atoms with Crippen LogP contribution in [0.3, 0.4) is 0 Å². The van der Waals surface area contributed by atoms with Gasteiger partial charge in [-0.05, 0) is 30.9 Å². The van der Waals surface area contributed by atoms with Crippen LogP contribution in [0.1, 0.15) is 12.8 Å². The fourth-order valence-electron chi connectivity index (χ4n) is 4.43. The molecule has 2 aromatic heterocycles. The molecule has 11 nitrogen and oxygen atoms in total. The predicted octanol–water partition coefficient (Wildman–Crippen LogP) is 3.06. The second-order valence-electron chi connectivity index (χ2n) is 9.53. The normalized spacial score (nSPS) is 18.6. The van der Waals surface area contributed by atoms with Crippen LogP contribution in [-0.2, 0) is 14.3 Å². The highest BCUT2D eigenvalue weighted by Crippen LogP contribution is 2.39. The molecule has 3 heterocycles. The van der Waals surface area contributed by atoms with Crippen molar-refractivity contribution in [3.05, 3.63) is 42.1 Å². The molecule has 2 aliphatic rings. The van der Waals surface area contributed by atoms with Gasteiger partial charge >= 0.3 is 0 Å². The van der Waals surface area contributed by atoms with Crippen LogP contribution in [0, 0.1) is 23.5 Å². The lowest BCUT2D eigenvalue weighted by atomic mass is 10.0. The number of nitrogens with zero attached hydrogens (tertiary/aromatic N) is 3. The zero-order chi connectivity index (χ0) is 28.2. The third-order valence-corrected chi connectivity index (χ3v) is 6.79. The number of carbonyl (C=O) groups excluding carboxylic acids is 2. The molecule has 0 unspecified atom stereocenters. The number of rotatable bonds is 11. The van der Waals surface area contributed by atoms with Gasteiger partial charge in [-0.25, -0.2) is 23.7 Å². The molecule has 1 saturated heterocycles. The van der Waals surface area contributed by atoms with E-state index in [1.807, 2.05) is 0 Å². The molecule has 3 N–H and O–H groups in total. The summed E-state index contributed by atoms with van der Waals surface area (Å²) in [5, 5.41) is 9.08. The van der Waals surface area contributed by atoms with Crippen molar-refractivity contribution in [1.82, 2.24) is 20.3 Å². The van der Waals surface area contributed by atoms with Gasteiger partial charge in [0, 0.05) is 30.1 Å². The van der Waals surface area contributed by atoms with E-state index < -0.39 is 17.5 Å². The van der Waals surface area contributed by atoms with Crippen molar-refractivity contribution in [3.8, 4) is 22.8 Å². The summed E-state index contributed by atoms with van der Waals surface area (Å²) in [5.74, 6) is -1.71. The van der Waals surface area contributed by atoms with Gasteiger partial charge in [-0.15, -0.1) is 0 Å². The van der Waals surface area contributed by atoms with Gasteiger partial charge in [0.25, 0.3) is 0 Å². The first-order chi connectivity index (χ1) is 19.4. The molecule has 3 aromatic rings. The average molecular weight is 555 g/mol. The maximum Gasteiger partial charge on any atom is 0.250 e. The van der Waals surface area contributed by atoms with Gasteiger partial charge in [0.05, 0.1) is 44.7 Å². The number of imide groups is 1. The van der Waals surface area contributed by atoms with E-state index in [4.69, 9.17) is 14.2 Å². The number of hydrogen-bond donors (Lipinski definition) is 3. The van der Waals surface area contributed by atoms with E-state index in [0.717, 1.165) is 18.9 Å². The second-order valence-corrected chi connectivity index (χ2v) is 9.53. The number of methoxy groups -OCH3 is 2. The Labute approximate surface area is 228 Å². The Morgan fingerprint density at radius 2 is 1.88 bits per heavy atom. The van der Waals surface area contributed by atoms with Crippen molar-refractivity contribution in [2.75, 3.05) is 44.6 Å². The molecule has 1 aliphatic heterocycles. The van der Waals surface area contributed by atoms with Crippen LogP contribution in [0.5, 0.6) is 11.5 Å². The number of amides is 2. The molecule has 40 heavy (non-hydrogen) atoms. The summed E-state index contributed by atoms with van der Waals surface area (Å²) in [4.78, 5) is 35.7. The summed E-state index contributed by atoms with van der Waals surface area (Å²) in [7, 11) is 2.57. The number of ether oxygens (including phenoxy) is 3. The van der Waals surface area contributed by atoms with E-state index in [0.29, 0.717) is 54.8 Å². The lowest BCUT2D eigenvalue weighted by Crippen LogP contribution is -2.28. The van der Waals surface area contributed by atoms with Crippen LogP contribution < -0.4 is 25.4 Å². The predicted molar refractivity (Wildman–Crippen MR) is 142 cm³/mol. The van der Waals surface area contributed by atoms with Gasteiger partial charge in [0.15, 0.2) is 29.0 Å². The highest BCUT2D eigenvalue weighted by molar-refractivity contribution is 5.94. The molecule has 1 aromatic carbocycles. The van der Waals surface area contributed by atoms with E-state index in [2.05, 4.69) is 30.9 Å². The van der Waals surface area contributed by atoms with E-state index in [-0.39, 0.29) is 34.7 Å². The lowest BCUT2D eigenvalue weighted by Gasteiger charge is -2.17. The molecular formula is C27H28F2N6O5. The molecule has 2 amide bonds. The van der Waals surface area contributed by atoms with Crippen molar-refractivity contribution in [2.45, 2.75) is 18.9 Å². The van der Waals surface area contributed by atoms with Crippen LogP contribution in [0.2, 0.25) is 0 Å². The summed E-state index contributed by atoms with van der Waals surface area (Å²) < 4.78 is 46.3. The van der Waals surface area contributed by atoms with Crippen molar-refractivity contribution in [1.29, 1.82) is 0 Å². The molecule has 1 saturated carbocycles. The fourth-order valence-corrected chi connectivity index (χ4v) is 4.43. The maximum absolute atomic E-state index is 15.3. The van der Waals surface area contributed by atoms with Gasteiger partial charge in [0.2, 0.25) is 18.3 Å². The molecule has 5 rings (SSSR count). The van der Waals surface area contributed by atoms with Gasteiger partial charge < -0.3 is 24.8 Å². The van der Waals surface area contributed by atoms with Crippen molar-refractivity contribution < 1.29 is 32.6 Å². The number of pyridine rings is 1. The molecule has 0 radical (unpaired) electrons. The number of carbonyl (C=O) groups is 2. The van der Waals surface area contributed by atoms with Crippen LogP contribution in [-0.4, -0.2) is 67.3 Å². The van der Waals surface area contributed by atoms with E-state index in [9.17, 15) is 9.59 Å². The first-order valence-corrected chi connectivity index (χ1v) is 12.7. The second kappa shape index (κ2) is 11.8. The third-order valence-electron chi connectivity index (χ3n) is 6.79. The van der Waals surface area contributed by atoms with Crippen LogP contribution in [0.15, 0.2) is 30.5 Å². The molecule has 0 bridgehead atoms. The van der Waals surface area contributed by atoms with E-state index in [1.165, 1.54) is 26.4 Å². The highest BCUT2D eigenvalue weighted by Gasteiger charge is 2.28. The Bertz CT molecular complexity index is 1440. The van der Waals surface area contributed by atoms with Gasteiger partial charge in [-0.2, -0.15) is 0 Å². The Hall–Kier alpha value is -4.39. The Morgan fingerprint density at radius 3 is 2.55 bits per heavy atom. The Morgan fingerprint density at radius 1 is 1.12 bits per heavy atom. The summed E-state index contributed by atoms with van der Waals surface area (Å²) in [5.41, 5.74) is 0.116. The molecule has 0 spiro atoms. The van der Waals surface area contributed by atoms with Crippen molar-refractivity contribution in [3.63, 3.8) is 0 Å². The lowest BCUT2D eigenvalue weighted by molar-refractivity contribution is -0.121. The summed E-state index contributed by atoms with van der Waals surface area (Å²) in [6.45, 7) is 1.36. The quantitative estimate of drug-likeness (QED) is 0.240. The fraction of sp³-hybridized carbons (Fsp3) is 0.370. The van der Waals surface area contributed by atoms with Gasteiger partial charge in [0.1, 0.15) is 5.52 Å². The number of fused-ring (bicyclic) bond motifs is 1. The largest absolute Gasteiger partial charge is 0.494 e. The monoisotopic (exact) mass is 554 g/mol. The zero-order valence-electron chi connectivity index (χ0n) is 21.9. The number of halogens is 2. The number of aromatic nitrogens is 3. The van der Waals surface area contributed by atoms with E-state index in [1.54, 1.807) is 12.3 Å². The van der Waals surface area contributed by atoms with E-state index >= 15 is 8.78 Å². The SMILES string of the molecule is COc1cc(OC)c(F)c(-c2cc3cnc(N[C@@H]4COC[C@@H]4C=CC(=O)NC=O)nc3c(NCC3CC3)n2)c1F. The minimum Gasteiger partial charge on any atom is -0.494 e. The number of benzene rings is 1. The first kappa shape index (κ1) is 27.2. The smallest absolute Gasteiger partial charge is 0.250 e. The van der Waals surface area contributed by atoms with Gasteiger partial charge in [-0.1, -0.05) is 6.08 Å². The minimum absolute atomic E-state index is 0.0327. The van der Waals surface area contributed by atoms with Crippen molar-refractivity contribution >= 4 is 35.0 Å². The zero-order valence-corrected chi connectivity index (χ0v) is 21.9. The topological polar surface area (TPSA) is 137 Å². The molecule has 210 valence electrons. The summed E-state index contributed by atoms with van der Waals surface area (Å²) >= 11 is 0. The van der Waals surface area contributed by atoms with Crippen LogP contribution in [0.4, 0.5) is 20.5 Å². The summed E-state index contributed by atoms with van der Waals surface area (Å²) in [6.07, 6.45) is 6.98.